The number of ketones is 1. The number of thioether (sulfide) groups is 1. The van der Waals surface area contributed by atoms with Crippen molar-refractivity contribution in [1.82, 2.24) is 10.2 Å². The molecule has 0 spiro atoms. The van der Waals surface area contributed by atoms with Crippen LogP contribution in [0.1, 0.15) is 26.2 Å². The lowest BCUT2D eigenvalue weighted by Gasteiger charge is -2.49. The number of esters is 1. The quantitative estimate of drug-likeness (QED) is 0.245. The minimum Gasteiger partial charge on any atom is -0.477 e. The Bertz CT molecular complexity index is 776. The fraction of sp³-hybridized carbons (Fsp3) is 0.500. The van der Waals surface area contributed by atoms with Gasteiger partial charge < -0.3 is 20.3 Å². The Balaban J connectivity index is 1.96. The van der Waals surface area contributed by atoms with Crippen LogP contribution in [0.2, 0.25) is 0 Å². The van der Waals surface area contributed by atoms with Crippen LogP contribution in [0.5, 0.6) is 0 Å². The van der Waals surface area contributed by atoms with Crippen molar-refractivity contribution in [2.75, 3.05) is 12.4 Å². The molecule has 0 saturated carbocycles. The molecule has 0 unspecified atom stereocenters. The van der Waals surface area contributed by atoms with Crippen LogP contribution in [0.15, 0.2) is 11.3 Å². The van der Waals surface area contributed by atoms with Gasteiger partial charge in [-0.3, -0.25) is 24.1 Å². The number of fused-ring (bicyclic) bond motifs is 1. The highest BCUT2D eigenvalue weighted by molar-refractivity contribution is 8.00. The molecule has 11 nitrogen and oxygen atoms in total. The topological polar surface area (TPSA) is 167 Å². The van der Waals surface area contributed by atoms with Gasteiger partial charge in [0, 0.05) is 31.1 Å². The first-order valence-corrected chi connectivity index (χ1v) is 9.27. The van der Waals surface area contributed by atoms with Crippen LogP contribution >= 0.6 is 11.8 Å². The second-order valence-corrected chi connectivity index (χ2v) is 7.18. The number of carboxylic acid groups (broad SMARTS) is 2. The van der Waals surface area contributed by atoms with Crippen LogP contribution < -0.4 is 5.32 Å². The molecule has 2 rings (SSSR count). The molecule has 12 heteroatoms. The van der Waals surface area contributed by atoms with Crippen LogP contribution in [-0.2, 0) is 33.5 Å². The van der Waals surface area contributed by atoms with Gasteiger partial charge in [0.25, 0.3) is 5.91 Å². The van der Waals surface area contributed by atoms with Crippen LogP contribution in [0, 0.1) is 0 Å². The zero-order valence-electron chi connectivity index (χ0n) is 14.8. The van der Waals surface area contributed by atoms with Crippen molar-refractivity contribution >= 4 is 47.3 Å². The van der Waals surface area contributed by atoms with Crippen molar-refractivity contribution in [3.8, 4) is 0 Å². The smallest absolute Gasteiger partial charge is 0.372 e. The van der Waals surface area contributed by atoms with E-state index in [1.54, 1.807) is 0 Å². The summed E-state index contributed by atoms with van der Waals surface area (Å²) in [4.78, 5) is 69.3. The molecule has 2 heterocycles. The number of ether oxygens (including phenoxy) is 1. The first-order valence-electron chi connectivity index (χ1n) is 8.22. The molecule has 0 bridgehead atoms. The SMILES string of the molecule is CC(=O)OCC1=C(C(=O)O)N2C(=O)[C@H](NC(=O)CCCC(=O)C(=O)O)[C@H]2SC1. The molecule has 28 heavy (non-hydrogen) atoms. The molecule has 2 atom stereocenters. The highest BCUT2D eigenvalue weighted by Gasteiger charge is 2.54. The predicted octanol–water partition coefficient (Wildman–Crippen LogP) is -0.888. The highest BCUT2D eigenvalue weighted by atomic mass is 32.2. The lowest BCUT2D eigenvalue weighted by atomic mass is 10.0. The summed E-state index contributed by atoms with van der Waals surface area (Å²) in [5.74, 6) is -5.42. The molecule has 0 aromatic heterocycles. The first kappa shape index (κ1) is 21.4. The molecule has 1 saturated heterocycles. The Kier molecular flexibility index (Phi) is 6.78. The average molecular weight is 414 g/mol. The third kappa shape index (κ3) is 4.68. The standard InChI is InChI=1S/C16H18N2O9S/c1-7(19)27-5-8-6-28-14-11(13(22)18(14)12(8)16(25)26)17-10(21)4-2-3-9(20)15(23)24/h11,14H,2-6H2,1H3,(H,17,21)(H,23,24)(H,25,26)/t11-,14+/m0/s1. The highest BCUT2D eigenvalue weighted by Crippen LogP contribution is 2.40. The number of Topliss-reactive ketones (excluding diaryl/α,β-unsaturated/α-hetero) is 1. The zero-order chi connectivity index (χ0) is 21.0. The van der Waals surface area contributed by atoms with E-state index < -0.39 is 46.9 Å². The van der Waals surface area contributed by atoms with Crippen LogP contribution in [0.3, 0.4) is 0 Å². The monoisotopic (exact) mass is 414 g/mol. The van der Waals surface area contributed by atoms with Gasteiger partial charge in [0.1, 0.15) is 23.7 Å². The van der Waals surface area contributed by atoms with E-state index >= 15 is 0 Å². The van der Waals surface area contributed by atoms with Crippen molar-refractivity contribution in [2.45, 2.75) is 37.6 Å². The number of β-lactam (4-membered cyclic amide) rings is 1. The van der Waals surface area contributed by atoms with E-state index in [9.17, 15) is 33.9 Å². The van der Waals surface area contributed by atoms with Gasteiger partial charge in [-0.15, -0.1) is 11.8 Å². The van der Waals surface area contributed by atoms with E-state index in [0.717, 1.165) is 4.90 Å². The van der Waals surface area contributed by atoms with Crippen molar-refractivity contribution < 1.29 is 43.7 Å². The zero-order valence-corrected chi connectivity index (χ0v) is 15.6. The Labute approximate surface area is 163 Å². The second-order valence-electron chi connectivity index (χ2n) is 6.07. The van der Waals surface area contributed by atoms with Gasteiger partial charge >= 0.3 is 17.9 Å². The average Bonchev–Trinajstić information content (AvgIpc) is 2.62. The van der Waals surface area contributed by atoms with Crippen molar-refractivity contribution in [3.63, 3.8) is 0 Å². The van der Waals surface area contributed by atoms with Gasteiger partial charge in [0.15, 0.2) is 0 Å². The molecule has 2 amide bonds. The fourth-order valence-electron chi connectivity index (χ4n) is 2.75. The Morgan fingerprint density at radius 3 is 2.46 bits per heavy atom. The molecule has 0 aromatic carbocycles. The molecule has 0 aromatic rings. The summed E-state index contributed by atoms with van der Waals surface area (Å²) in [7, 11) is 0. The third-order valence-corrected chi connectivity index (χ3v) is 5.40. The Morgan fingerprint density at radius 1 is 1.21 bits per heavy atom. The van der Waals surface area contributed by atoms with E-state index in [0.29, 0.717) is 0 Å². The number of amides is 2. The summed E-state index contributed by atoms with van der Waals surface area (Å²) in [5.41, 5.74) is 0.0295. The first-order chi connectivity index (χ1) is 13.1. The maximum absolute atomic E-state index is 12.4. The van der Waals surface area contributed by atoms with Gasteiger partial charge in [0.2, 0.25) is 11.7 Å². The van der Waals surface area contributed by atoms with Crippen molar-refractivity contribution in [3.05, 3.63) is 11.3 Å². The number of rotatable bonds is 9. The van der Waals surface area contributed by atoms with Gasteiger partial charge in [-0.25, -0.2) is 9.59 Å². The number of carbonyl (C=O) groups is 6. The number of carboxylic acids is 2. The van der Waals surface area contributed by atoms with E-state index in [-0.39, 0.29) is 42.9 Å². The predicted molar refractivity (Wildman–Crippen MR) is 92.8 cm³/mol. The minimum atomic E-state index is -1.57. The number of nitrogens with one attached hydrogen (secondary N) is 1. The van der Waals surface area contributed by atoms with Crippen LogP contribution in [-0.4, -0.2) is 74.4 Å². The van der Waals surface area contributed by atoms with Gasteiger partial charge in [0.05, 0.1) is 0 Å². The van der Waals surface area contributed by atoms with E-state index in [4.69, 9.17) is 9.84 Å². The fourth-order valence-corrected chi connectivity index (χ4v) is 4.07. The summed E-state index contributed by atoms with van der Waals surface area (Å²) >= 11 is 1.23. The molecule has 152 valence electrons. The number of aliphatic carboxylic acids is 2. The maximum Gasteiger partial charge on any atom is 0.372 e. The number of carbonyl (C=O) groups excluding carboxylic acids is 4. The van der Waals surface area contributed by atoms with Gasteiger partial charge in [-0.2, -0.15) is 0 Å². The van der Waals surface area contributed by atoms with E-state index in [2.05, 4.69) is 5.32 Å². The Morgan fingerprint density at radius 2 is 1.89 bits per heavy atom. The normalized spacial score (nSPS) is 20.8. The second kappa shape index (κ2) is 8.87. The number of hydrogen-bond donors (Lipinski definition) is 3. The molecule has 1 fully saturated rings. The molecule has 0 aliphatic carbocycles. The summed E-state index contributed by atoms with van der Waals surface area (Å²) < 4.78 is 4.83. The van der Waals surface area contributed by atoms with Crippen LogP contribution in [0.4, 0.5) is 0 Å². The molecular weight excluding hydrogens is 396 g/mol. The largest absolute Gasteiger partial charge is 0.477 e. The summed E-state index contributed by atoms with van der Waals surface area (Å²) in [6.45, 7) is 0.944. The summed E-state index contributed by atoms with van der Waals surface area (Å²) in [6.07, 6.45) is -0.414. The Hall–Kier alpha value is -2.89. The number of nitrogens with zero attached hydrogens (tertiary/aromatic N) is 1. The summed E-state index contributed by atoms with van der Waals surface area (Å²) in [6, 6.07) is -0.919. The maximum atomic E-state index is 12.4. The van der Waals surface area contributed by atoms with Crippen LogP contribution in [0.25, 0.3) is 0 Å². The van der Waals surface area contributed by atoms with E-state index in [1.165, 1.54) is 18.7 Å². The third-order valence-electron chi connectivity index (χ3n) is 4.06. The lowest BCUT2D eigenvalue weighted by molar-refractivity contribution is -0.151. The van der Waals surface area contributed by atoms with E-state index in [1.807, 2.05) is 0 Å². The molecule has 0 radical (unpaired) electrons. The minimum absolute atomic E-state index is 0.0201. The molecular formula is C16H18N2O9S. The summed E-state index contributed by atoms with van der Waals surface area (Å²) in [5, 5.41) is 19.8. The molecule has 3 N–H and O–H groups in total. The molecule has 2 aliphatic rings. The number of hydrogen-bond acceptors (Lipinski definition) is 8. The lowest BCUT2D eigenvalue weighted by Crippen LogP contribution is -2.70. The van der Waals surface area contributed by atoms with Crippen molar-refractivity contribution in [1.29, 1.82) is 0 Å². The van der Waals surface area contributed by atoms with Gasteiger partial charge in [-0.05, 0) is 6.42 Å². The van der Waals surface area contributed by atoms with Gasteiger partial charge in [-0.1, -0.05) is 0 Å². The van der Waals surface area contributed by atoms with Crippen molar-refractivity contribution in [2.24, 2.45) is 0 Å². The molecule has 2 aliphatic heterocycles.